The molecule has 2 aromatic carbocycles. The average Bonchev–Trinajstić information content (AvgIpc) is 2.64. The second-order valence-corrected chi connectivity index (χ2v) is 5.10. The molecule has 0 spiro atoms. The van der Waals surface area contributed by atoms with Gasteiger partial charge in [-0.15, -0.1) is 0 Å². The van der Waals surface area contributed by atoms with Crippen LogP contribution >= 0.6 is 0 Å². The molecular formula is C18H15FN4O2. The maximum absolute atomic E-state index is 12.9. The Bertz CT molecular complexity index is 867. The summed E-state index contributed by atoms with van der Waals surface area (Å²) in [6.45, 7) is 0. The van der Waals surface area contributed by atoms with Crippen LogP contribution in [0.2, 0.25) is 0 Å². The molecule has 0 saturated carbocycles. The van der Waals surface area contributed by atoms with Crippen molar-refractivity contribution in [2.75, 3.05) is 17.7 Å². The number of nitrogens with zero attached hydrogens (tertiary/aromatic N) is 2. The lowest BCUT2D eigenvalue weighted by atomic mass is 10.2. The third-order valence-corrected chi connectivity index (χ3v) is 3.36. The van der Waals surface area contributed by atoms with Gasteiger partial charge in [-0.1, -0.05) is 0 Å². The molecule has 7 heteroatoms. The fourth-order valence-electron chi connectivity index (χ4n) is 2.10. The monoisotopic (exact) mass is 338 g/mol. The number of amides is 1. The lowest BCUT2D eigenvalue weighted by Crippen LogP contribution is -2.14. The summed E-state index contributed by atoms with van der Waals surface area (Å²) in [4.78, 5) is 20.3. The van der Waals surface area contributed by atoms with E-state index in [1.165, 1.54) is 24.5 Å². The van der Waals surface area contributed by atoms with Gasteiger partial charge in [-0.2, -0.15) is 0 Å². The largest absolute Gasteiger partial charge is 0.497 e. The second kappa shape index (κ2) is 7.39. The maximum atomic E-state index is 12.9. The van der Waals surface area contributed by atoms with Crippen LogP contribution in [0.3, 0.4) is 0 Å². The SMILES string of the molecule is COc1ccc(NC(=O)c2cc(Nc3ccc(F)cc3)ncn2)cc1. The van der Waals surface area contributed by atoms with Crippen LogP contribution in [0.25, 0.3) is 0 Å². The van der Waals surface area contributed by atoms with E-state index in [9.17, 15) is 9.18 Å². The van der Waals surface area contributed by atoms with Gasteiger partial charge in [0.05, 0.1) is 7.11 Å². The molecule has 0 unspecified atom stereocenters. The van der Waals surface area contributed by atoms with E-state index in [2.05, 4.69) is 20.6 Å². The molecular weight excluding hydrogens is 323 g/mol. The van der Waals surface area contributed by atoms with Crippen LogP contribution in [0.4, 0.5) is 21.6 Å². The van der Waals surface area contributed by atoms with E-state index >= 15 is 0 Å². The van der Waals surface area contributed by atoms with E-state index in [0.717, 1.165) is 0 Å². The van der Waals surface area contributed by atoms with Crippen molar-refractivity contribution in [1.29, 1.82) is 0 Å². The molecule has 0 atom stereocenters. The summed E-state index contributed by atoms with van der Waals surface area (Å²) in [5.41, 5.74) is 1.48. The molecule has 0 radical (unpaired) electrons. The van der Waals surface area contributed by atoms with Gasteiger partial charge in [-0.3, -0.25) is 4.79 Å². The van der Waals surface area contributed by atoms with E-state index in [1.807, 2.05) is 0 Å². The molecule has 2 N–H and O–H groups in total. The molecule has 0 fully saturated rings. The summed E-state index contributed by atoms with van der Waals surface area (Å²) < 4.78 is 18.0. The van der Waals surface area contributed by atoms with Gasteiger partial charge in [0, 0.05) is 17.4 Å². The number of hydrogen-bond donors (Lipinski definition) is 2. The van der Waals surface area contributed by atoms with Crippen LogP contribution in [-0.4, -0.2) is 23.0 Å². The van der Waals surface area contributed by atoms with Gasteiger partial charge in [0.2, 0.25) is 0 Å². The predicted molar refractivity (Wildman–Crippen MR) is 92.7 cm³/mol. The van der Waals surface area contributed by atoms with Gasteiger partial charge in [0.25, 0.3) is 5.91 Å². The summed E-state index contributed by atoms with van der Waals surface area (Å²) >= 11 is 0. The van der Waals surface area contributed by atoms with Crippen LogP contribution in [0.5, 0.6) is 5.75 Å². The molecule has 1 aromatic heterocycles. The Kier molecular flexibility index (Phi) is 4.84. The molecule has 1 heterocycles. The van der Waals surface area contributed by atoms with Gasteiger partial charge in [-0.05, 0) is 48.5 Å². The average molecular weight is 338 g/mol. The fraction of sp³-hybridized carbons (Fsp3) is 0.0556. The van der Waals surface area contributed by atoms with Crippen LogP contribution < -0.4 is 15.4 Å². The Morgan fingerprint density at radius 2 is 1.68 bits per heavy atom. The van der Waals surface area contributed by atoms with Crippen LogP contribution in [-0.2, 0) is 0 Å². The van der Waals surface area contributed by atoms with Gasteiger partial charge < -0.3 is 15.4 Å². The molecule has 3 aromatic rings. The van der Waals surface area contributed by atoms with Crippen molar-refractivity contribution in [1.82, 2.24) is 9.97 Å². The van der Waals surface area contributed by atoms with Crippen LogP contribution in [0.15, 0.2) is 60.9 Å². The highest BCUT2D eigenvalue weighted by atomic mass is 19.1. The minimum absolute atomic E-state index is 0.204. The summed E-state index contributed by atoms with van der Waals surface area (Å²) in [7, 11) is 1.57. The minimum atomic E-state index is -0.366. The predicted octanol–water partition coefficient (Wildman–Crippen LogP) is 3.62. The lowest BCUT2D eigenvalue weighted by molar-refractivity contribution is 0.102. The van der Waals surface area contributed by atoms with Crippen molar-refractivity contribution in [3.63, 3.8) is 0 Å². The number of hydrogen-bond acceptors (Lipinski definition) is 5. The van der Waals surface area contributed by atoms with Gasteiger partial charge in [0.15, 0.2) is 0 Å². The van der Waals surface area contributed by atoms with Gasteiger partial charge in [0.1, 0.15) is 29.4 Å². The highest BCUT2D eigenvalue weighted by Gasteiger charge is 2.09. The Balaban J connectivity index is 1.71. The van der Waals surface area contributed by atoms with Crippen LogP contribution in [0, 0.1) is 5.82 Å². The normalized spacial score (nSPS) is 10.2. The first-order valence-electron chi connectivity index (χ1n) is 7.44. The highest BCUT2D eigenvalue weighted by Crippen LogP contribution is 2.17. The Morgan fingerprint density at radius 3 is 2.36 bits per heavy atom. The number of carbonyl (C=O) groups excluding carboxylic acids is 1. The Morgan fingerprint density at radius 1 is 1.00 bits per heavy atom. The summed E-state index contributed by atoms with van der Waals surface area (Å²) in [6, 6.07) is 14.3. The topological polar surface area (TPSA) is 76.1 Å². The molecule has 126 valence electrons. The number of halogens is 1. The molecule has 0 saturated heterocycles. The van der Waals surface area contributed by atoms with Crippen molar-refractivity contribution >= 4 is 23.1 Å². The van der Waals surface area contributed by atoms with Crippen molar-refractivity contribution < 1.29 is 13.9 Å². The molecule has 0 aliphatic rings. The van der Waals surface area contributed by atoms with Crippen LogP contribution in [0.1, 0.15) is 10.5 Å². The summed E-state index contributed by atoms with van der Waals surface area (Å²) in [6.07, 6.45) is 1.29. The lowest BCUT2D eigenvalue weighted by Gasteiger charge is -2.08. The molecule has 0 bridgehead atoms. The zero-order valence-electron chi connectivity index (χ0n) is 13.4. The number of benzene rings is 2. The molecule has 1 amide bonds. The van der Waals surface area contributed by atoms with E-state index in [-0.39, 0.29) is 17.4 Å². The van der Waals surface area contributed by atoms with Crippen molar-refractivity contribution in [2.45, 2.75) is 0 Å². The maximum Gasteiger partial charge on any atom is 0.274 e. The number of carbonyl (C=O) groups is 1. The first-order valence-corrected chi connectivity index (χ1v) is 7.44. The van der Waals surface area contributed by atoms with Crippen molar-refractivity contribution in [3.05, 3.63) is 72.4 Å². The Hall–Kier alpha value is -3.48. The van der Waals surface area contributed by atoms with Crippen molar-refractivity contribution in [2.24, 2.45) is 0 Å². The number of anilines is 3. The molecule has 0 aliphatic carbocycles. The van der Waals surface area contributed by atoms with E-state index in [4.69, 9.17) is 4.74 Å². The van der Waals surface area contributed by atoms with Gasteiger partial charge >= 0.3 is 0 Å². The highest BCUT2D eigenvalue weighted by molar-refractivity contribution is 6.03. The third-order valence-electron chi connectivity index (χ3n) is 3.36. The molecule has 3 rings (SSSR count). The molecule has 25 heavy (non-hydrogen) atoms. The number of aromatic nitrogens is 2. The zero-order valence-corrected chi connectivity index (χ0v) is 13.4. The fourth-order valence-corrected chi connectivity index (χ4v) is 2.10. The van der Waals surface area contributed by atoms with E-state index in [0.29, 0.717) is 22.9 Å². The zero-order chi connectivity index (χ0) is 17.6. The molecule has 0 aliphatic heterocycles. The third kappa shape index (κ3) is 4.29. The molecule has 6 nitrogen and oxygen atoms in total. The second-order valence-electron chi connectivity index (χ2n) is 5.10. The quantitative estimate of drug-likeness (QED) is 0.743. The summed E-state index contributed by atoms with van der Waals surface area (Å²) in [5, 5.41) is 5.74. The van der Waals surface area contributed by atoms with E-state index in [1.54, 1.807) is 43.5 Å². The van der Waals surface area contributed by atoms with Crippen molar-refractivity contribution in [3.8, 4) is 5.75 Å². The van der Waals surface area contributed by atoms with E-state index < -0.39 is 0 Å². The smallest absolute Gasteiger partial charge is 0.274 e. The van der Waals surface area contributed by atoms with Gasteiger partial charge in [-0.25, -0.2) is 14.4 Å². The number of nitrogens with one attached hydrogen (secondary N) is 2. The first kappa shape index (κ1) is 16.4. The Labute approximate surface area is 143 Å². The standard InChI is InChI=1S/C18H15FN4O2/c1-25-15-8-6-14(7-9-15)23-18(24)16-10-17(21-11-20-16)22-13-4-2-12(19)3-5-13/h2-11H,1H3,(H,23,24)(H,20,21,22). The number of rotatable bonds is 5. The summed E-state index contributed by atoms with van der Waals surface area (Å²) in [5.74, 6) is 0.440. The number of ether oxygens (including phenoxy) is 1. The minimum Gasteiger partial charge on any atom is -0.497 e. The number of methoxy groups -OCH3 is 1. The first-order chi connectivity index (χ1) is 12.1.